The first-order valence-corrected chi connectivity index (χ1v) is 8.25. The lowest BCUT2D eigenvalue weighted by molar-refractivity contribution is 0.551. The largest absolute Gasteiger partial charge is 0.310 e. The molecule has 1 nitrogen and oxygen atoms in total. The molecule has 1 aromatic carbocycles. The summed E-state index contributed by atoms with van der Waals surface area (Å²) in [4.78, 5) is 0. The van der Waals surface area contributed by atoms with Gasteiger partial charge in [-0.05, 0) is 75.8 Å². The highest BCUT2D eigenvalue weighted by atomic mass is 32.2. The minimum Gasteiger partial charge on any atom is -0.310 e. The fraction of sp³-hybridized carbons (Fsp3) is 0.625. The first-order chi connectivity index (χ1) is 8.56. The molecule has 1 unspecified atom stereocenters. The summed E-state index contributed by atoms with van der Waals surface area (Å²) < 4.78 is 0. The summed E-state index contributed by atoms with van der Waals surface area (Å²) in [7, 11) is 0. The molecular weight excluding hydrogens is 238 g/mol. The van der Waals surface area contributed by atoms with E-state index < -0.39 is 0 Å². The van der Waals surface area contributed by atoms with Crippen LogP contribution in [0.1, 0.15) is 48.1 Å². The second kappa shape index (κ2) is 7.85. The van der Waals surface area contributed by atoms with Crippen LogP contribution in [-0.2, 0) is 0 Å². The Bertz CT molecular complexity index is 350. The SMILES string of the molecule is CSCCCCNC(C)c1c(C)cc(C)cc1C. The highest BCUT2D eigenvalue weighted by molar-refractivity contribution is 7.98. The molecule has 0 aliphatic heterocycles. The van der Waals surface area contributed by atoms with Gasteiger partial charge >= 0.3 is 0 Å². The first-order valence-electron chi connectivity index (χ1n) is 6.86. The number of benzene rings is 1. The van der Waals surface area contributed by atoms with Gasteiger partial charge in [0.1, 0.15) is 0 Å². The number of rotatable bonds is 7. The van der Waals surface area contributed by atoms with Gasteiger partial charge in [-0.2, -0.15) is 11.8 Å². The predicted molar refractivity (Wildman–Crippen MR) is 84.7 cm³/mol. The van der Waals surface area contributed by atoms with Gasteiger partial charge in [0.15, 0.2) is 0 Å². The van der Waals surface area contributed by atoms with E-state index in [9.17, 15) is 0 Å². The van der Waals surface area contributed by atoms with Crippen LogP contribution < -0.4 is 5.32 Å². The topological polar surface area (TPSA) is 12.0 Å². The zero-order valence-corrected chi connectivity index (χ0v) is 13.3. The van der Waals surface area contributed by atoms with Crippen LogP contribution >= 0.6 is 11.8 Å². The molecule has 0 radical (unpaired) electrons. The van der Waals surface area contributed by atoms with Gasteiger partial charge in [-0.15, -0.1) is 0 Å². The maximum absolute atomic E-state index is 3.65. The van der Waals surface area contributed by atoms with Crippen molar-refractivity contribution in [2.45, 2.75) is 46.6 Å². The Morgan fingerprint density at radius 3 is 2.28 bits per heavy atom. The van der Waals surface area contributed by atoms with Crippen molar-refractivity contribution in [1.29, 1.82) is 0 Å². The van der Waals surface area contributed by atoms with E-state index >= 15 is 0 Å². The standard InChI is InChI=1S/C16H27NS/c1-12-10-13(2)16(14(3)11-12)15(4)17-8-6-7-9-18-5/h10-11,15,17H,6-9H2,1-5H3. The van der Waals surface area contributed by atoms with Gasteiger partial charge in [-0.25, -0.2) is 0 Å². The summed E-state index contributed by atoms with van der Waals surface area (Å²) in [6.45, 7) is 10.0. The van der Waals surface area contributed by atoms with Gasteiger partial charge in [-0.1, -0.05) is 17.7 Å². The lowest BCUT2D eigenvalue weighted by Gasteiger charge is -2.20. The molecule has 0 aliphatic carbocycles. The minimum atomic E-state index is 0.458. The molecule has 2 heteroatoms. The average Bonchev–Trinajstić information content (AvgIpc) is 2.27. The van der Waals surface area contributed by atoms with Crippen molar-refractivity contribution in [1.82, 2.24) is 5.32 Å². The number of aryl methyl sites for hydroxylation is 3. The van der Waals surface area contributed by atoms with Crippen LogP contribution in [0.5, 0.6) is 0 Å². The van der Waals surface area contributed by atoms with Gasteiger partial charge in [-0.3, -0.25) is 0 Å². The van der Waals surface area contributed by atoms with Crippen LogP contribution in [0.3, 0.4) is 0 Å². The molecule has 1 aromatic rings. The maximum atomic E-state index is 3.65. The third-order valence-corrected chi connectivity index (χ3v) is 4.09. The van der Waals surface area contributed by atoms with E-state index in [2.05, 4.69) is 51.4 Å². The molecule has 0 saturated carbocycles. The van der Waals surface area contributed by atoms with Gasteiger partial charge in [0.2, 0.25) is 0 Å². The molecule has 102 valence electrons. The van der Waals surface area contributed by atoms with E-state index in [1.165, 1.54) is 40.8 Å². The highest BCUT2D eigenvalue weighted by Gasteiger charge is 2.10. The molecule has 18 heavy (non-hydrogen) atoms. The summed E-state index contributed by atoms with van der Waals surface area (Å²) in [5.41, 5.74) is 5.67. The van der Waals surface area contributed by atoms with Crippen LogP contribution in [0.2, 0.25) is 0 Å². The molecule has 0 aromatic heterocycles. The van der Waals surface area contributed by atoms with Gasteiger partial charge in [0.05, 0.1) is 0 Å². The Kier molecular flexibility index (Phi) is 6.80. The minimum absolute atomic E-state index is 0.458. The Balaban J connectivity index is 2.53. The van der Waals surface area contributed by atoms with Gasteiger partial charge in [0.25, 0.3) is 0 Å². The molecular formula is C16H27NS. The second-order valence-electron chi connectivity index (χ2n) is 5.19. The Hall–Kier alpha value is -0.470. The highest BCUT2D eigenvalue weighted by Crippen LogP contribution is 2.23. The van der Waals surface area contributed by atoms with E-state index in [0.29, 0.717) is 6.04 Å². The van der Waals surface area contributed by atoms with Crippen molar-refractivity contribution in [3.8, 4) is 0 Å². The third kappa shape index (κ3) is 4.66. The van der Waals surface area contributed by atoms with E-state index in [4.69, 9.17) is 0 Å². The molecule has 1 rings (SSSR count). The molecule has 0 spiro atoms. The predicted octanol–water partition coefficient (Wildman–Crippen LogP) is 4.41. The van der Waals surface area contributed by atoms with Crippen LogP contribution in [0.25, 0.3) is 0 Å². The fourth-order valence-corrected chi connectivity index (χ4v) is 3.16. The maximum Gasteiger partial charge on any atom is 0.0297 e. The molecule has 0 aliphatic rings. The summed E-state index contributed by atoms with van der Waals surface area (Å²) in [6, 6.07) is 5.03. The van der Waals surface area contributed by atoms with Crippen molar-refractivity contribution in [3.05, 3.63) is 34.4 Å². The smallest absolute Gasteiger partial charge is 0.0297 e. The molecule has 0 fully saturated rings. The average molecular weight is 265 g/mol. The van der Waals surface area contributed by atoms with Crippen LogP contribution in [0.4, 0.5) is 0 Å². The lowest BCUT2D eigenvalue weighted by Crippen LogP contribution is -2.21. The molecule has 1 atom stereocenters. The molecule has 0 bridgehead atoms. The Labute approximate surface area is 117 Å². The van der Waals surface area contributed by atoms with Crippen molar-refractivity contribution >= 4 is 11.8 Å². The van der Waals surface area contributed by atoms with Gasteiger partial charge < -0.3 is 5.32 Å². The molecule has 0 saturated heterocycles. The van der Waals surface area contributed by atoms with Gasteiger partial charge in [0, 0.05) is 6.04 Å². The number of hydrogen-bond donors (Lipinski definition) is 1. The van der Waals surface area contributed by atoms with Crippen LogP contribution in [0, 0.1) is 20.8 Å². The summed E-state index contributed by atoms with van der Waals surface area (Å²) >= 11 is 1.94. The van der Waals surface area contributed by atoms with Crippen LogP contribution in [0.15, 0.2) is 12.1 Å². The number of unbranched alkanes of at least 4 members (excludes halogenated alkanes) is 1. The lowest BCUT2D eigenvalue weighted by atomic mass is 9.95. The first kappa shape index (κ1) is 15.6. The third-order valence-electron chi connectivity index (χ3n) is 3.40. The monoisotopic (exact) mass is 265 g/mol. The Morgan fingerprint density at radius 2 is 1.72 bits per heavy atom. The summed E-state index contributed by atoms with van der Waals surface area (Å²) in [5.74, 6) is 1.28. The van der Waals surface area contributed by atoms with E-state index in [0.717, 1.165) is 6.54 Å². The van der Waals surface area contributed by atoms with Crippen molar-refractivity contribution < 1.29 is 0 Å². The number of thioether (sulfide) groups is 1. The zero-order valence-electron chi connectivity index (χ0n) is 12.5. The van der Waals surface area contributed by atoms with Crippen molar-refractivity contribution in [3.63, 3.8) is 0 Å². The molecule has 1 N–H and O–H groups in total. The summed E-state index contributed by atoms with van der Waals surface area (Å²) in [5, 5.41) is 3.65. The molecule has 0 amide bonds. The van der Waals surface area contributed by atoms with E-state index in [1.54, 1.807) is 0 Å². The van der Waals surface area contributed by atoms with Crippen molar-refractivity contribution in [2.75, 3.05) is 18.6 Å². The fourth-order valence-electron chi connectivity index (χ4n) is 2.67. The van der Waals surface area contributed by atoms with E-state index in [-0.39, 0.29) is 0 Å². The van der Waals surface area contributed by atoms with E-state index in [1.807, 2.05) is 11.8 Å². The number of nitrogens with one attached hydrogen (secondary N) is 1. The molecule has 0 heterocycles. The zero-order chi connectivity index (χ0) is 13.5. The normalized spacial score (nSPS) is 12.7. The Morgan fingerprint density at radius 1 is 1.11 bits per heavy atom. The van der Waals surface area contributed by atoms with Crippen LogP contribution in [-0.4, -0.2) is 18.6 Å². The van der Waals surface area contributed by atoms with Crippen molar-refractivity contribution in [2.24, 2.45) is 0 Å². The number of hydrogen-bond acceptors (Lipinski definition) is 2. The summed E-state index contributed by atoms with van der Waals surface area (Å²) in [6.07, 6.45) is 4.76. The second-order valence-corrected chi connectivity index (χ2v) is 6.17. The quantitative estimate of drug-likeness (QED) is 0.733.